The molecule has 3 aromatic rings. The van der Waals surface area contributed by atoms with Crippen molar-refractivity contribution < 1.29 is 17.6 Å². The lowest BCUT2D eigenvalue weighted by molar-refractivity contribution is -0.120. The van der Waals surface area contributed by atoms with Gasteiger partial charge in [-0.05, 0) is 63.4 Å². The minimum absolute atomic E-state index is 0.212. The number of hydrogen-bond acceptors (Lipinski definition) is 4. The Morgan fingerprint density at radius 3 is 2.36 bits per heavy atom. The van der Waals surface area contributed by atoms with E-state index in [1.54, 1.807) is 37.6 Å². The number of anilines is 1. The van der Waals surface area contributed by atoms with Gasteiger partial charge in [-0.3, -0.25) is 4.79 Å². The number of benzene rings is 2. The first-order chi connectivity index (χ1) is 15.7. The number of aryl methyl sites for hydroxylation is 2. The highest BCUT2D eigenvalue weighted by molar-refractivity contribution is 7.89. The van der Waals surface area contributed by atoms with E-state index in [2.05, 4.69) is 10.4 Å². The first-order valence-electron chi connectivity index (χ1n) is 10.9. The molecule has 2 heterocycles. The van der Waals surface area contributed by atoms with Crippen LogP contribution in [0.5, 0.6) is 0 Å². The van der Waals surface area contributed by atoms with E-state index in [0.29, 0.717) is 35.5 Å². The summed E-state index contributed by atoms with van der Waals surface area (Å²) in [5.41, 5.74) is 2.70. The van der Waals surface area contributed by atoms with Gasteiger partial charge in [0, 0.05) is 24.7 Å². The summed E-state index contributed by atoms with van der Waals surface area (Å²) >= 11 is 0. The Morgan fingerprint density at radius 1 is 1.06 bits per heavy atom. The van der Waals surface area contributed by atoms with Crippen molar-refractivity contribution in [1.82, 2.24) is 14.1 Å². The Kier molecular flexibility index (Phi) is 6.36. The van der Waals surface area contributed by atoms with E-state index in [1.807, 2.05) is 30.3 Å². The molecule has 1 fully saturated rings. The SMILES string of the molecule is Cc1ccc(NC(=O)C2CCN(S(=O)(=O)c3c(C)nn(-c4ccccc4)c3C)CC2)cc1F. The molecule has 4 rings (SSSR count). The Morgan fingerprint density at radius 2 is 1.73 bits per heavy atom. The lowest BCUT2D eigenvalue weighted by atomic mass is 9.97. The first kappa shape index (κ1) is 23.1. The molecule has 0 aliphatic carbocycles. The van der Waals surface area contributed by atoms with Gasteiger partial charge in [-0.15, -0.1) is 0 Å². The van der Waals surface area contributed by atoms with Gasteiger partial charge in [0.2, 0.25) is 15.9 Å². The summed E-state index contributed by atoms with van der Waals surface area (Å²) in [5.74, 6) is -0.940. The van der Waals surface area contributed by atoms with Crippen LogP contribution in [0.3, 0.4) is 0 Å². The van der Waals surface area contributed by atoms with Gasteiger partial charge in [-0.2, -0.15) is 9.40 Å². The highest BCUT2D eigenvalue weighted by Crippen LogP contribution is 2.29. The molecular weight excluding hydrogens is 443 g/mol. The Bertz CT molecular complexity index is 1280. The molecule has 7 nitrogen and oxygen atoms in total. The summed E-state index contributed by atoms with van der Waals surface area (Å²) in [7, 11) is -3.76. The number of nitrogens with one attached hydrogen (secondary N) is 1. The predicted molar refractivity (Wildman–Crippen MR) is 124 cm³/mol. The van der Waals surface area contributed by atoms with Crippen LogP contribution in [0.4, 0.5) is 10.1 Å². The van der Waals surface area contributed by atoms with Crippen molar-refractivity contribution in [2.75, 3.05) is 18.4 Å². The molecule has 174 valence electrons. The monoisotopic (exact) mass is 470 g/mol. The average molecular weight is 471 g/mol. The van der Waals surface area contributed by atoms with Crippen LogP contribution in [-0.2, 0) is 14.8 Å². The van der Waals surface area contributed by atoms with Crippen molar-refractivity contribution in [2.45, 2.75) is 38.5 Å². The van der Waals surface area contributed by atoms with Gasteiger partial charge < -0.3 is 5.32 Å². The number of amides is 1. The zero-order valence-electron chi connectivity index (χ0n) is 18.9. The maximum Gasteiger partial charge on any atom is 0.246 e. The van der Waals surface area contributed by atoms with Crippen LogP contribution in [-0.4, -0.2) is 41.5 Å². The minimum Gasteiger partial charge on any atom is -0.326 e. The fourth-order valence-electron chi connectivity index (χ4n) is 4.22. The third-order valence-corrected chi connectivity index (χ3v) is 8.24. The molecule has 1 N–H and O–H groups in total. The first-order valence-corrected chi connectivity index (χ1v) is 12.3. The van der Waals surface area contributed by atoms with Crippen molar-refractivity contribution in [2.24, 2.45) is 5.92 Å². The molecule has 33 heavy (non-hydrogen) atoms. The Hall–Kier alpha value is -3.04. The largest absolute Gasteiger partial charge is 0.326 e. The highest BCUT2D eigenvalue weighted by Gasteiger charge is 2.35. The number of piperidine rings is 1. The number of rotatable bonds is 5. The second kappa shape index (κ2) is 9.07. The average Bonchev–Trinajstić information content (AvgIpc) is 3.11. The fourth-order valence-corrected chi connectivity index (χ4v) is 6.05. The molecule has 0 atom stereocenters. The third kappa shape index (κ3) is 4.56. The van der Waals surface area contributed by atoms with E-state index < -0.39 is 10.0 Å². The van der Waals surface area contributed by atoms with Crippen molar-refractivity contribution in [1.29, 1.82) is 0 Å². The van der Waals surface area contributed by atoms with Crippen LogP contribution < -0.4 is 5.32 Å². The number of sulfonamides is 1. The topological polar surface area (TPSA) is 84.3 Å². The summed E-state index contributed by atoms with van der Waals surface area (Å²) in [4.78, 5) is 12.9. The molecule has 1 saturated heterocycles. The van der Waals surface area contributed by atoms with E-state index in [-0.39, 0.29) is 35.6 Å². The number of hydrogen-bond donors (Lipinski definition) is 1. The Balaban J connectivity index is 1.47. The smallest absolute Gasteiger partial charge is 0.246 e. The quantitative estimate of drug-likeness (QED) is 0.611. The zero-order chi connectivity index (χ0) is 23.8. The second-order valence-electron chi connectivity index (χ2n) is 8.38. The van der Waals surface area contributed by atoms with Gasteiger partial charge in [0.15, 0.2) is 0 Å². The van der Waals surface area contributed by atoms with Gasteiger partial charge >= 0.3 is 0 Å². The molecule has 1 aliphatic rings. The molecule has 1 aromatic heterocycles. The number of carbonyl (C=O) groups is 1. The zero-order valence-corrected chi connectivity index (χ0v) is 19.7. The number of para-hydroxylation sites is 1. The fraction of sp³-hybridized carbons (Fsp3) is 0.333. The van der Waals surface area contributed by atoms with E-state index in [0.717, 1.165) is 5.69 Å². The van der Waals surface area contributed by atoms with Crippen molar-refractivity contribution in [3.05, 3.63) is 71.3 Å². The normalized spacial score (nSPS) is 15.5. The second-order valence-corrected chi connectivity index (χ2v) is 10.3. The van der Waals surface area contributed by atoms with Gasteiger partial charge in [0.05, 0.1) is 17.1 Å². The van der Waals surface area contributed by atoms with Gasteiger partial charge in [0.25, 0.3) is 0 Å². The molecule has 0 radical (unpaired) electrons. The summed E-state index contributed by atoms with van der Waals surface area (Å²) in [6, 6.07) is 14.0. The summed E-state index contributed by atoms with van der Waals surface area (Å²) in [6.45, 7) is 5.57. The highest BCUT2D eigenvalue weighted by atomic mass is 32.2. The molecule has 1 amide bonds. The molecule has 0 saturated carbocycles. The van der Waals surface area contributed by atoms with Crippen molar-refractivity contribution in [3.8, 4) is 5.69 Å². The number of halogens is 1. The summed E-state index contributed by atoms with van der Waals surface area (Å²) in [6.07, 6.45) is 0.786. The van der Waals surface area contributed by atoms with Gasteiger partial charge in [-0.1, -0.05) is 24.3 Å². The molecule has 9 heteroatoms. The molecule has 0 spiro atoms. The van der Waals surface area contributed by atoms with Crippen molar-refractivity contribution >= 4 is 21.6 Å². The minimum atomic E-state index is -3.76. The van der Waals surface area contributed by atoms with Crippen LogP contribution in [0.2, 0.25) is 0 Å². The molecule has 1 aliphatic heterocycles. The number of carbonyl (C=O) groups excluding carboxylic acids is 1. The van der Waals surface area contributed by atoms with E-state index in [4.69, 9.17) is 0 Å². The van der Waals surface area contributed by atoms with Crippen LogP contribution in [0.25, 0.3) is 5.69 Å². The summed E-state index contributed by atoms with van der Waals surface area (Å²) in [5, 5.41) is 7.21. The van der Waals surface area contributed by atoms with Gasteiger partial charge in [-0.25, -0.2) is 17.5 Å². The standard InChI is InChI=1S/C24H27FN4O3S/c1-16-9-10-20(15-22(16)25)26-24(30)19-11-13-28(14-12-19)33(31,32)23-17(2)27-29(18(23)3)21-7-5-4-6-8-21/h4-10,15,19H,11-14H2,1-3H3,(H,26,30). The summed E-state index contributed by atoms with van der Waals surface area (Å²) < 4.78 is 43.7. The molecule has 0 unspecified atom stereocenters. The molecule has 0 bridgehead atoms. The van der Waals surface area contributed by atoms with Gasteiger partial charge in [0.1, 0.15) is 10.7 Å². The third-order valence-electron chi connectivity index (χ3n) is 6.09. The van der Waals surface area contributed by atoms with Crippen molar-refractivity contribution in [3.63, 3.8) is 0 Å². The molecular formula is C24H27FN4O3S. The van der Waals surface area contributed by atoms with E-state index >= 15 is 0 Å². The van der Waals surface area contributed by atoms with Crippen LogP contribution >= 0.6 is 0 Å². The van der Waals surface area contributed by atoms with E-state index in [1.165, 1.54) is 10.4 Å². The Labute approximate surface area is 193 Å². The number of nitrogens with zero attached hydrogens (tertiary/aromatic N) is 3. The molecule has 2 aromatic carbocycles. The van der Waals surface area contributed by atoms with Crippen LogP contribution in [0.15, 0.2) is 53.4 Å². The lowest BCUT2D eigenvalue weighted by Crippen LogP contribution is -2.41. The maximum atomic E-state index is 13.8. The predicted octanol–water partition coefficient (Wildman–Crippen LogP) is 3.98. The van der Waals surface area contributed by atoms with Crippen LogP contribution in [0.1, 0.15) is 29.8 Å². The van der Waals surface area contributed by atoms with Crippen LogP contribution in [0, 0.1) is 32.5 Å². The van der Waals surface area contributed by atoms with E-state index in [9.17, 15) is 17.6 Å². The number of aromatic nitrogens is 2. The maximum absolute atomic E-state index is 13.8. The lowest BCUT2D eigenvalue weighted by Gasteiger charge is -2.30.